The minimum absolute atomic E-state index is 0.0795. The number of benzene rings is 2. The quantitative estimate of drug-likeness (QED) is 0.487. The second-order valence-corrected chi connectivity index (χ2v) is 6.96. The van der Waals surface area contributed by atoms with Crippen molar-refractivity contribution in [1.29, 1.82) is 0 Å². The van der Waals surface area contributed by atoms with Gasteiger partial charge in [-0.15, -0.1) is 0 Å². The summed E-state index contributed by atoms with van der Waals surface area (Å²) in [5, 5.41) is 4.58. The van der Waals surface area contributed by atoms with E-state index in [4.69, 9.17) is 9.15 Å². The highest BCUT2D eigenvalue weighted by Gasteiger charge is 2.11. The molecular weight excluding hydrogens is 350 g/mol. The Morgan fingerprint density at radius 2 is 1.89 bits per heavy atom. The number of hydrogen-bond acceptors (Lipinski definition) is 5. The lowest BCUT2D eigenvalue weighted by atomic mass is 10.1. The number of aryl methyl sites for hydroxylation is 2. The van der Waals surface area contributed by atoms with Crippen molar-refractivity contribution in [2.45, 2.75) is 26.8 Å². The Labute approximate surface area is 164 Å². The third kappa shape index (κ3) is 3.56. The van der Waals surface area contributed by atoms with Gasteiger partial charge < -0.3 is 14.5 Å². The van der Waals surface area contributed by atoms with Crippen molar-refractivity contribution >= 4 is 16.8 Å². The lowest BCUT2D eigenvalue weighted by Crippen LogP contribution is -2.09. The van der Waals surface area contributed by atoms with Crippen LogP contribution in [0.1, 0.15) is 29.9 Å². The molecule has 1 unspecified atom stereocenters. The van der Waals surface area contributed by atoms with Crippen molar-refractivity contribution in [2.24, 2.45) is 0 Å². The number of ether oxygens (including phenoxy) is 1. The molecule has 4 rings (SSSR count). The first kappa shape index (κ1) is 18.0. The molecule has 1 atom stereocenters. The van der Waals surface area contributed by atoms with Crippen LogP contribution in [0.4, 0.5) is 5.82 Å². The summed E-state index contributed by atoms with van der Waals surface area (Å²) in [4.78, 5) is 9.20. The second kappa shape index (κ2) is 7.35. The van der Waals surface area contributed by atoms with Crippen LogP contribution < -0.4 is 10.1 Å². The van der Waals surface area contributed by atoms with E-state index in [1.807, 2.05) is 50.2 Å². The number of rotatable bonds is 5. The third-order valence-corrected chi connectivity index (χ3v) is 4.86. The molecule has 28 heavy (non-hydrogen) atoms. The van der Waals surface area contributed by atoms with Gasteiger partial charge in [0.25, 0.3) is 0 Å². The summed E-state index contributed by atoms with van der Waals surface area (Å²) in [5.74, 6) is 2.36. The highest BCUT2D eigenvalue weighted by atomic mass is 16.5. The average molecular weight is 373 g/mol. The maximum atomic E-state index is 5.55. The van der Waals surface area contributed by atoms with Gasteiger partial charge in [-0.1, -0.05) is 12.1 Å². The molecule has 0 saturated heterocycles. The predicted octanol–water partition coefficient (Wildman–Crippen LogP) is 5.69. The molecule has 0 bridgehead atoms. The van der Waals surface area contributed by atoms with Crippen LogP contribution in [0.15, 0.2) is 59.2 Å². The molecule has 0 radical (unpaired) electrons. The zero-order chi connectivity index (χ0) is 19.7. The first-order valence-electron chi connectivity index (χ1n) is 9.28. The SMILES string of the molecule is COc1cccc(C(C)Nc2cc(-c3ccc4occ(C)c4c3)nc(C)n2)c1. The van der Waals surface area contributed by atoms with Crippen LogP contribution in [0, 0.1) is 13.8 Å². The molecule has 5 heteroatoms. The standard InChI is InChI=1S/C23H23N3O2/c1-14-13-28-22-9-8-18(11-20(14)22)21-12-23(26-16(3)25-21)24-15(2)17-6-5-7-19(10-17)27-4/h5-13,15H,1-4H3,(H,24,25,26). The number of nitrogens with zero attached hydrogens (tertiary/aromatic N) is 2. The van der Waals surface area contributed by atoms with Crippen LogP contribution in [0.2, 0.25) is 0 Å². The summed E-state index contributed by atoms with van der Waals surface area (Å²) in [6, 6.07) is 16.2. The van der Waals surface area contributed by atoms with Crippen molar-refractivity contribution < 1.29 is 9.15 Å². The Hall–Kier alpha value is -3.34. The molecule has 0 aliphatic heterocycles. The number of furan rings is 1. The number of aromatic nitrogens is 2. The van der Waals surface area contributed by atoms with Crippen LogP contribution in [-0.2, 0) is 0 Å². The van der Waals surface area contributed by atoms with Gasteiger partial charge in [-0.05, 0) is 62.2 Å². The van der Waals surface area contributed by atoms with E-state index in [0.717, 1.165) is 50.7 Å². The van der Waals surface area contributed by atoms with E-state index in [9.17, 15) is 0 Å². The summed E-state index contributed by atoms with van der Waals surface area (Å²) in [5.41, 5.74) is 5.06. The fourth-order valence-electron chi connectivity index (χ4n) is 3.32. The molecule has 0 aliphatic carbocycles. The molecule has 2 aromatic carbocycles. The minimum Gasteiger partial charge on any atom is -0.497 e. The van der Waals surface area contributed by atoms with E-state index < -0.39 is 0 Å². The van der Waals surface area contributed by atoms with Gasteiger partial charge in [0.15, 0.2) is 0 Å². The molecular formula is C23H23N3O2. The van der Waals surface area contributed by atoms with Gasteiger partial charge in [0.05, 0.1) is 25.1 Å². The lowest BCUT2D eigenvalue weighted by Gasteiger charge is -2.16. The molecule has 2 aromatic heterocycles. The number of fused-ring (bicyclic) bond motifs is 1. The first-order chi connectivity index (χ1) is 13.5. The number of nitrogens with one attached hydrogen (secondary N) is 1. The molecule has 1 N–H and O–H groups in total. The Morgan fingerprint density at radius 3 is 2.71 bits per heavy atom. The summed E-state index contributed by atoms with van der Waals surface area (Å²) >= 11 is 0. The third-order valence-electron chi connectivity index (χ3n) is 4.86. The summed E-state index contributed by atoms with van der Waals surface area (Å²) in [6.07, 6.45) is 1.78. The van der Waals surface area contributed by atoms with E-state index in [0.29, 0.717) is 0 Å². The Morgan fingerprint density at radius 1 is 1.04 bits per heavy atom. The maximum Gasteiger partial charge on any atom is 0.134 e. The highest BCUT2D eigenvalue weighted by Crippen LogP contribution is 2.29. The van der Waals surface area contributed by atoms with Crippen molar-refractivity contribution in [3.05, 3.63) is 71.7 Å². The average Bonchev–Trinajstić information content (AvgIpc) is 3.08. The van der Waals surface area contributed by atoms with Crippen LogP contribution >= 0.6 is 0 Å². The van der Waals surface area contributed by atoms with E-state index in [2.05, 4.69) is 34.3 Å². The highest BCUT2D eigenvalue weighted by molar-refractivity contribution is 5.85. The van der Waals surface area contributed by atoms with E-state index in [1.165, 1.54) is 0 Å². The van der Waals surface area contributed by atoms with E-state index in [-0.39, 0.29) is 6.04 Å². The summed E-state index contributed by atoms with van der Waals surface area (Å²) in [6.45, 7) is 6.06. The molecule has 0 aliphatic rings. The van der Waals surface area contributed by atoms with Gasteiger partial charge in [-0.3, -0.25) is 0 Å². The lowest BCUT2D eigenvalue weighted by molar-refractivity contribution is 0.414. The van der Waals surface area contributed by atoms with Gasteiger partial charge >= 0.3 is 0 Å². The number of methoxy groups -OCH3 is 1. The van der Waals surface area contributed by atoms with Gasteiger partial charge in [0.1, 0.15) is 23.0 Å². The van der Waals surface area contributed by atoms with Crippen LogP contribution in [0.5, 0.6) is 5.75 Å². The van der Waals surface area contributed by atoms with Crippen LogP contribution in [0.25, 0.3) is 22.2 Å². The van der Waals surface area contributed by atoms with E-state index in [1.54, 1.807) is 13.4 Å². The smallest absolute Gasteiger partial charge is 0.134 e. The van der Waals surface area contributed by atoms with Crippen molar-refractivity contribution in [2.75, 3.05) is 12.4 Å². The Kier molecular flexibility index (Phi) is 4.74. The van der Waals surface area contributed by atoms with Gasteiger partial charge in [0.2, 0.25) is 0 Å². The maximum absolute atomic E-state index is 5.55. The molecule has 0 saturated carbocycles. The topological polar surface area (TPSA) is 60.2 Å². The van der Waals surface area contributed by atoms with Crippen molar-refractivity contribution in [3.63, 3.8) is 0 Å². The molecule has 2 heterocycles. The summed E-state index contributed by atoms with van der Waals surface area (Å²) < 4.78 is 10.9. The number of anilines is 1. The van der Waals surface area contributed by atoms with Gasteiger partial charge in [0, 0.05) is 17.0 Å². The fraction of sp³-hybridized carbons (Fsp3) is 0.217. The van der Waals surface area contributed by atoms with Gasteiger partial charge in [-0.25, -0.2) is 9.97 Å². The molecule has 142 valence electrons. The molecule has 0 spiro atoms. The zero-order valence-electron chi connectivity index (χ0n) is 16.5. The normalized spacial score (nSPS) is 12.1. The predicted molar refractivity (Wildman–Crippen MR) is 112 cm³/mol. The monoisotopic (exact) mass is 373 g/mol. The molecule has 0 fully saturated rings. The fourth-order valence-corrected chi connectivity index (χ4v) is 3.32. The van der Waals surface area contributed by atoms with Crippen LogP contribution in [-0.4, -0.2) is 17.1 Å². The minimum atomic E-state index is 0.0795. The second-order valence-electron chi connectivity index (χ2n) is 6.96. The van der Waals surface area contributed by atoms with Gasteiger partial charge in [-0.2, -0.15) is 0 Å². The Balaban J connectivity index is 1.65. The van der Waals surface area contributed by atoms with Crippen molar-refractivity contribution in [1.82, 2.24) is 9.97 Å². The summed E-state index contributed by atoms with van der Waals surface area (Å²) in [7, 11) is 1.68. The number of hydrogen-bond donors (Lipinski definition) is 1. The molecule has 4 aromatic rings. The van der Waals surface area contributed by atoms with Crippen molar-refractivity contribution in [3.8, 4) is 17.0 Å². The Bertz CT molecular complexity index is 1130. The first-order valence-corrected chi connectivity index (χ1v) is 9.28. The largest absolute Gasteiger partial charge is 0.497 e. The molecule has 0 amide bonds. The zero-order valence-corrected chi connectivity index (χ0v) is 16.5. The molecule has 5 nitrogen and oxygen atoms in total. The van der Waals surface area contributed by atoms with Crippen LogP contribution in [0.3, 0.4) is 0 Å². The van der Waals surface area contributed by atoms with E-state index >= 15 is 0 Å².